The Labute approximate surface area is 151 Å². The molecule has 1 amide bonds. The molecule has 1 aliphatic rings. The highest BCUT2D eigenvalue weighted by atomic mass is 16.1. The van der Waals surface area contributed by atoms with E-state index in [4.69, 9.17) is 0 Å². The molecule has 0 spiro atoms. The first-order chi connectivity index (χ1) is 12.8. The summed E-state index contributed by atoms with van der Waals surface area (Å²) < 4.78 is 0. The maximum atomic E-state index is 12.6. The first-order valence-corrected chi connectivity index (χ1v) is 8.66. The van der Waals surface area contributed by atoms with Gasteiger partial charge in [-0.1, -0.05) is 30.3 Å². The zero-order valence-corrected chi connectivity index (χ0v) is 14.2. The highest BCUT2D eigenvalue weighted by Gasteiger charge is 2.22. The smallest absolute Gasteiger partial charge is 0.270 e. The molecule has 0 radical (unpaired) electrons. The van der Waals surface area contributed by atoms with E-state index in [1.54, 1.807) is 18.5 Å². The lowest BCUT2D eigenvalue weighted by atomic mass is 10.2. The van der Waals surface area contributed by atoms with Gasteiger partial charge in [-0.25, -0.2) is 9.97 Å². The molecule has 26 heavy (non-hydrogen) atoms. The summed E-state index contributed by atoms with van der Waals surface area (Å²) >= 11 is 0. The molecule has 3 aromatic rings. The van der Waals surface area contributed by atoms with Crippen molar-refractivity contribution in [2.75, 3.05) is 5.32 Å². The number of carbonyl (C=O) groups excluding carboxylic acids is 1. The van der Waals surface area contributed by atoms with E-state index < -0.39 is 0 Å². The van der Waals surface area contributed by atoms with Crippen molar-refractivity contribution in [2.45, 2.75) is 25.4 Å². The van der Waals surface area contributed by atoms with Gasteiger partial charge in [0.15, 0.2) is 5.82 Å². The van der Waals surface area contributed by atoms with Crippen LogP contribution in [-0.2, 0) is 6.54 Å². The maximum Gasteiger partial charge on any atom is 0.270 e. The van der Waals surface area contributed by atoms with Crippen molar-refractivity contribution < 1.29 is 4.79 Å². The predicted molar refractivity (Wildman–Crippen MR) is 99.5 cm³/mol. The van der Waals surface area contributed by atoms with E-state index in [9.17, 15) is 4.79 Å². The minimum atomic E-state index is -0.222. The summed E-state index contributed by atoms with van der Waals surface area (Å²) in [4.78, 5) is 25.6. The van der Waals surface area contributed by atoms with Gasteiger partial charge in [0.25, 0.3) is 5.91 Å². The molecule has 2 N–H and O–H groups in total. The number of amides is 1. The number of anilines is 1. The summed E-state index contributed by atoms with van der Waals surface area (Å²) in [6.07, 6.45) is 5.68. The zero-order valence-electron chi connectivity index (χ0n) is 14.2. The van der Waals surface area contributed by atoms with Gasteiger partial charge in [-0.3, -0.25) is 9.78 Å². The fraction of sp³-hybridized carbons (Fsp3) is 0.200. The van der Waals surface area contributed by atoms with E-state index in [1.165, 1.54) is 0 Å². The molecule has 2 aromatic heterocycles. The van der Waals surface area contributed by atoms with Crippen LogP contribution in [0.3, 0.4) is 0 Å². The third-order valence-electron chi connectivity index (χ3n) is 4.12. The van der Waals surface area contributed by atoms with Crippen molar-refractivity contribution >= 4 is 11.7 Å². The second-order valence-corrected chi connectivity index (χ2v) is 6.28. The van der Waals surface area contributed by atoms with Crippen molar-refractivity contribution in [1.82, 2.24) is 20.3 Å². The maximum absolute atomic E-state index is 12.6. The number of carbonyl (C=O) groups is 1. The Morgan fingerprint density at radius 3 is 2.54 bits per heavy atom. The topological polar surface area (TPSA) is 79.8 Å². The molecule has 1 aromatic carbocycles. The minimum absolute atomic E-state index is 0.222. The summed E-state index contributed by atoms with van der Waals surface area (Å²) in [6.45, 7) is 0.428. The van der Waals surface area contributed by atoms with E-state index in [0.29, 0.717) is 29.9 Å². The van der Waals surface area contributed by atoms with E-state index in [1.807, 2.05) is 42.5 Å². The molecule has 2 heterocycles. The molecular weight excluding hydrogens is 326 g/mol. The molecule has 6 nitrogen and oxygen atoms in total. The molecule has 0 saturated heterocycles. The number of aromatic nitrogens is 3. The van der Waals surface area contributed by atoms with Crippen LogP contribution in [0.1, 0.15) is 28.9 Å². The fourth-order valence-electron chi connectivity index (χ4n) is 2.56. The van der Waals surface area contributed by atoms with Crippen molar-refractivity contribution in [1.29, 1.82) is 0 Å². The van der Waals surface area contributed by atoms with E-state index >= 15 is 0 Å². The number of nitrogens with one attached hydrogen (secondary N) is 2. The van der Waals surface area contributed by atoms with Crippen molar-refractivity contribution in [3.05, 3.63) is 72.2 Å². The first-order valence-electron chi connectivity index (χ1n) is 8.66. The predicted octanol–water partition coefficient (Wildman–Crippen LogP) is 3.04. The number of hydrogen-bond acceptors (Lipinski definition) is 5. The third kappa shape index (κ3) is 4.03. The molecule has 6 heteroatoms. The van der Waals surface area contributed by atoms with Crippen LogP contribution in [-0.4, -0.2) is 26.9 Å². The molecule has 4 rings (SSSR count). The minimum Gasteiger partial charge on any atom is -0.367 e. The molecule has 0 aliphatic heterocycles. The lowest BCUT2D eigenvalue weighted by Gasteiger charge is -2.10. The Kier molecular flexibility index (Phi) is 4.55. The monoisotopic (exact) mass is 345 g/mol. The van der Waals surface area contributed by atoms with Crippen LogP contribution in [0.25, 0.3) is 11.4 Å². The summed E-state index contributed by atoms with van der Waals surface area (Å²) in [7, 11) is 0. The van der Waals surface area contributed by atoms with Crippen LogP contribution in [0.4, 0.5) is 5.82 Å². The largest absolute Gasteiger partial charge is 0.367 e. The highest BCUT2D eigenvalue weighted by Crippen LogP contribution is 2.25. The first kappa shape index (κ1) is 16.2. The van der Waals surface area contributed by atoms with Crippen LogP contribution >= 0.6 is 0 Å². The number of nitrogens with zero attached hydrogens (tertiary/aromatic N) is 3. The Hall–Kier alpha value is -3.28. The van der Waals surface area contributed by atoms with Gasteiger partial charge in [-0.05, 0) is 30.5 Å². The summed E-state index contributed by atoms with van der Waals surface area (Å²) in [5.41, 5.74) is 2.23. The third-order valence-corrected chi connectivity index (χ3v) is 4.12. The lowest BCUT2D eigenvalue weighted by Crippen LogP contribution is -2.24. The highest BCUT2D eigenvalue weighted by molar-refractivity contribution is 5.93. The fourth-order valence-corrected chi connectivity index (χ4v) is 2.56. The molecule has 0 atom stereocenters. The average Bonchev–Trinajstić information content (AvgIpc) is 3.51. The van der Waals surface area contributed by atoms with Gasteiger partial charge in [0.1, 0.15) is 11.5 Å². The van der Waals surface area contributed by atoms with Crippen LogP contribution in [0.5, 0.6) is 0 Å². The molecule has 0 unspecified atom stereocenters. The average molecular weight is 345 g/mol. The number of pyridine rings is 1. The Bertz CT molecular complexity index is 895. The van der Waals surface area contributed by atoms with Gasteiger partial charge in [-0.2, -0.15) is 0 Å². The van der Waals surface area contributed by atoms with E-state index in [-0.39, 0.29) is 5.91 Å². The Morgan fingerprint density at radius 1 is 1.04 bits per heavy atom. The van der Waals surface area contributed by atoms with E-state index in [2.05, 4.69) is 25.6 Å². The second kappa shape index (κ2) is 7.31. The van der Waals surface area contributed by atoms with Gasteiger partial charge < -0.3 is 10.6 Å². The van der Waals surface area contributed by atoms with Gasteiger partial charge in [-0.15, -0.1) is 0 Å². The molecule has 1 aliphatic carbocycles. The SMILES string of the molecule is O=C(NCc1ccncc1)c1cc(NC2CC2)nc(-c2ccccc2)n1. The van der Waals surface area contributed by atoms with Gasteiger partial charge in [0, 0.05) is 36.6 Å². The molecule has 1 saturated carbocycles. The van der Waals surface area contributed by atoms with Crippen LogP contribution in [0.2, 0.25) is 0 Å². The molecule has 1 fully saturated rings. The van der Waals surface area contributed by atoms with Crippen LogP contribution in [0.15, 0.2) is 60.9 Å². The van der Waals surface area contributed by atoms with Crippen molar-refractivity contribution in [3.63, 3.8) is 0 Å². The quantitative estimate of drug-likeness (QED) is 0.718. The van der Waals surface area contributed by atoms with Gasteiger partial charge >= 0.3 is 0 Å². The van der Waals surface area contributed by atoms with Crippen molar-refractivity contribution in [3.8, 4) is 11.4 Å². The lowest BCUT2D eigenvalue weighted by molar-refractivity contribution is 0.0946. The molecule has 130 valence electrons. The number of benzene rings is 1. The van der Waals surface area contributed by atoms with E-state index in [0.717, 1.165) is 24.0 Å². The second-order valence-electron chi connectivity index (χ2n) is 6.28. The summed E-state index contributed by atoms with van der Waals surface area (Å²) in [5.74, 6) is 1.01. The van der Waals surface area contributed by atoms with Crippen LogP contribution < -0.4 is 10.6 Å². The summed E-state index contributed by atoms with van der Waals surface area (Å²) in [6, 6.07) is 15.6. The van der Waals surface area contributed by atoms with Gasteiger partial charge in [0.2, 0.25) is 0 Å². The van der Waals surface area contributed by atoms with Crippen molar-refractivity contribution in [2.24, 2.45) is 0 Å². The number of hydrogen-bond donors (Lipinski definition) is 2. The Morgan fingerprint density at radius 2 is 1.81 bits per heavy atom. The molecular formula is C20H19N5O. The Balaban J connectivity index is 1.58. The number of rotatable bonds is 6. The summed E-state index contributed by atoms with van der Waals surface area (Å²) in [5, 5.41) is 6.26. The standard InChI is InChI=1S/C20H19N5O/c26-20(22-13-14-8-10-21-11-9-14)17-12-18(23-16-6-7-16)25-19(24-17)15-4-2-1-3-5-15/h1-5,8-12,16H,6-7,13H2,(H,22,26)(H,23,24,25). The zero-order chi connectivity index (χ0) is 17.8. The van der Waals surface area contributed by atoms with Gasteiger partial charge in [0.05, 0.1) is 0 Å². The normalized spacial score (nSPS) is 13.2. The molecule has 0 bridgehead atoms. The van der Waals surface area contributed by atoms with Crippen LogP contribution in [0, 0.1) is 0 Å².